The standard InChI is InChI=1S/C21H27ClN4O2/c1-23-20(27)13-5-4-10-26(12-13)21(28)16-7-3-2-6-15(16)19-24-17-9-8-14(22)11-18(17)25-19/h8-9,11,13,15-16H,2-7,10,12H2,1H3,(H,23,27)(H,24,25)/t13-,15-,16-/m1/s1. The van der Waals surface area contributed by atoms with Crippen LogP contribution in [0.25, 0.3) is 11.0 Å². The number of piperidine rings is 1. The van der Waals surface area contributed by atoms with E-state index >= 15 is 0 Å². The third-order valence-electron chi connectivity index (χ3n) is 6.25. The quantitative estimate of drug-likeness (QED) is 0.825. The van der Waals surface area contributed by atoms with Crippen molar-refractivity contribution < 1.29 is 9.59 Å². The molecule has 3 atom stereocenters. The first-order valence-electron chi connectivity index (χ1n) is 10.2. The minimum absolute atomic E-state index is 0.0341. The lowest BCUT2D eigenvalue weighted by atomic mass is 9.77. The van der Waals surface area contributed by atoms with E-state index in [2.05, 4.69) is 10.3 Å². The molecular weight excluding hydrogens is 376 g/mol. The Morgan fingerprint density at radius 1 is 1.21 bits per heavy atom. The number of rotatable bonds is 3. The zero-order valence-corrected chi connectivity index (χ0v) is 17.0. The number of hydrogen-bond acceptors (Lipinski definition) is 3. The number of nitrogens with zero attached hydrogens (tertiary/aromatic N) is 2. The highest BCUT2D eigenvalue weighted by atomic mass is 35.5. The topological polar surface area (TPSA) is 78.1 Å². The number of fused-ring (bicyclic) bond motifs is 1. The average molecular weight is 403 g/mol. The van der Waals surface area contributed by atoms with Gasteiger partial charge in [0.2, 0.25) is 11.8 Å². The monoisotopic (exact) mass is 402 g/mol. The number of likely N-dealkylation sites (tertiary alicyclic amines) is 1. The van der Waals surface area contributed by atoms with Crippen molar-refractivity contribution >= 4 is 34.4 Å². The van der Waals surface area contributed by atoms with E-state index in [0.29, 0.717) is 11.6 Å². The van der Waals surface area contributed by atoms with Crippen LogP contribution in [0.1, 0.15) is 50.3 Å². The molecule has 6 nitrogen and oxygen atoms in total. The Kier molecular flexibility index (Phi) is 5.58. The Labute approximate surface area is 170 Å². The van der Waals surface area contributed by atoms with Crippen LogP contribution in [0.3, 0.4) is 0 Å². The molecule has 1 saturated heterocycles. The van der Waals surface area contributed by atoms with E-state index in [0.717, 1.165) is 61.9 Å². The first-order chi connectivity index (χ1) is 13.6. The number of benzene rings is 1. The fourth-order valence-electron chi connectivity index (χ4n) is 4.76. The van der Waals surface area contributed by atoms with Crippen LogP contribution in [0.2, 0.25) is 5.02 Å². The number of amides is 2. The molecule has 4 rings (SSSR count). The average Bonchev–Trinajstić information content (AvgIpc) is 3.15. The molecule has 1 aliphatic carbocycles. The van der Waals surface area contributed by atoms with Crippen LogP contribution in [-0.4, -0.2) is 46.8 Å². The molecular formula is C21H27ClN4O2. The normalized spacial score (nSPS) is 25.6. The molecule has 0 bridgehead atoms. The van der Waals surface area contributed by atoms with Crippen molar-refractivity contribution in [2.75, 3.05) is 20.1 Å². The van der Waals surface area contributed by atoms with Crippen molar-refractivity contribution in [3.8, 4) is 0 Å². The molecule has 1 aliphatic heterocycles. The maximum absolute atomic E-state index is 13.4. The molecule has 2 amide bonds. The molecule has 0 unspecified atom stereocenters. The Morgan fingerprint density at radius 2 is 2.04 bits per heavy atom. The summed E-state index contributed by atoms with van der Waals surface area (Å²) in [6, 6.07) is 5.63. The molecule has 1 saturated carbocycles. The first kappa shape index (κ1) is 19.2. The van der Waals surface area contributed by atoms with Crippen LogP contribution in [-0.2, 0) is 9.59 Å². The van der Waals surface area contributed by atoms with E-state index < -0.39 is 0 Å². The van der Waals surface area contributed by atoms with Gasteiger partial charge in [0, 0.05) is 37.0 Å². The van der Waals surface area contributed by atoms with E-state index in [-0.39, 0.29) is 29.6 Å². The van der Waals surface area contributed by atoms with Gasteiger partial charge in [-0.05, 0) is 43.9 Å². The summed E-state index contributed by atoms with van der Waals surface area (Å²) in [5, 5.41) is 3.40. The predicted molar refractivity (Wildman–Crippen MR) is 109 cm³/mol. The van der Waals surface area contributed by atoms with Gasteiger partial charge in [-0.2, -0.15) is 0 Å². The lowest BCUT2D eigenvalue weighted by Gasteiger charge is -2.37. The van der Waals surface area contributed by atoms with Crippen LogP contribution in [0, 0.1) is 11.8 Å². The number of nitrogens with one attached hydrogen (secondary N) is 2. The van der Waals surface area contributed by atoms with Gasteiger partial charge >= 0.3 is 0 Å². The molecule has 2 N–H and O–H groups in total. The van der Waals surface area contributed by atoms with Gasteiger partial charge < -0.3 is 15.2 Å². The largest absolute Gasteiger partial charge is 0.359 e. The number of aromatic nitrogens is 2. The summed E-state index contributed by atoms with van der Waals surface area (Å²) in [5.74, 6) is 1.01. The molecule has 2 heterocycles. The lowest BCUT2D eigenvalue weighted by Crippen LogP contribution is -2.48. The van der Waals surface area contributed by atoms with Gasteiger partial charge in [-0.15, -0.1) is 0 Å². The third kappa shape index (κ3) is 3.75. The van der Waals surface area contributed by atoms with Crippen LogP contribution in [0.5, 0.6) is 0 Å². The summed E-state index contributed by atoms with van der Waals surface area (Å²) in [6.45, 7) is 1.27. The Morgan fingerprint density at radius 3 is 2.86 bits per heavy atom. The molecule has 0 radical (unpaired) electrons. The van der Waals surface area contributed by atoms with Crippen LogP contribution >= 0.6 is 11.6 Å². The highest BCUT2D eigenvalue weighted by Crippen LogP contribution is 2.39. The zero-order valence-electron chi connectivity index (χ0n) is 16.2. The first-order valence-corrected chi connectivity index (χ1v) is 10.6. The number of H-pyrrole nitrogens is 1. The van der Waals surface area contributed by atoms with Crippen molar-refractivity contribution in [2.24, 2.45) is 11.8 Å². The molecule has 150 valence electrons. The smallest absolute Gasteiger partial charge is 0.226 e. The number of aromatic amines is 1. The van der Waals surface area contributed by atoms with Crippen LogP contribution in [0.4, 0.5) is 0 Å². The van der Waals surface area contributed by atoms with Crippen molar-refractivity contribution in [3.63, 3.8) is 0 Å². The third-order valence-corrected chi connectivity index (χ3v) is 6.48. The molecule has 2 aliphatic rings. The summed E-state index contributed by atoms with van der Waals surface area (Å²) in [4.78, 5) is 35.5. The summed E-state index contributed by atoms with van der Waals surface area (Å²) in [7, 11) is 1.66. The lowest BCUT2D eigenvalue weighted by molar-refractivity contribution is -0.140. The van der Waals surface area contributed by atoms with Crippen molar-refractivity contribution in [3.05, 3.63) is 29.0 Å². The van der Waals surface area contributed by atoms with E-state index in [1.54, 1.807) is 7.05 Å². The summed E-state index contributed by atoms with van der Waals surface area (Å²) >= 11 is 6.10. The minimum Gasteiger partial charge on any atom is -0.359 e. The fraction of sp³-hybridized carbons (Fsp3) is 0.571. The molecule has 0 spiro atoms. The van der Waals surface area contributed by atoms with Gasteiger partial charge in [-0.25, -0.2) is 4.98 Å². The molecule has 1 aromatic heterocycles. The second-order valence-electron chi connectivity index (χ2n) is 8.02. The Bertz CT molecular complexity index is 880. The van der Waals surface area contributed by atoms with Crippen molar-refractivity contribution in [1.29, 1.82) is 0 Å². The maximum Gasteiger partial charge on any atom is 0.226 e. The van der Waals surface area contributed by atoms with E-state index in [1.807, 2.05) is 23.1 Å². The molecule has 7 heteroatoms. The van der Waals surface area contributed by atoms with Crippen molar-refractivity contribution in [1.82, 2.24) is 20.2 Å². The number of hydrogen-bond donors (Lipinski definition) is 2. The maximum atomic E-state index is 13.4. The van der Waals surface area contributed by atoms with Gasteiger partial charge in [0.05, 0.1) is 17.0 Å². The Balaban J connectivity index is 1.55. The van der Waals surface area contributed by atoms with E-state index in [4.69, 9.17) is 16.6 Å². The van der Waals surface area contributed by atoms with Gasteiger partial charge in [0.25, 0.3) is 0 Å². The zero-order chi connectivity index (χ0) is 19.7. The van der Waals surface area contributed by atoms with Gasteiger partial charge in [-0.3, -0.25) is 9.59 Å². The molecule has 1 aromatic carbocycles. The van der Waals surface area contributed by atoms with E-state index in [1.165, 1.54) is 0 Å². The minimum atomic E-state index is -0.0990. The second kappa shape index (κ2) is 8.11. The van der Waals surface area contributed by atoms with Crippen LogP contribution in [0.15, 0.2) is 18.2 Å². The number of imidazole rings is 1. The molecule has 28 heavy (non-hydrogen) atoms. The number of halogens is 1. The predicted octanol–water partition coefficient (Wildman–Crippen LogP) is 3.47. The Hall–Kier alpha value is -2.08. The summed E-state index contributed by atoms with van der Waals surface area (Å²) in [5.41, 5.74) is 1.80. The van der Waals surface area contributed by atoms with Gasteiger partial charge in [0.15, 0.2) is 0 Å². The second-order valence-corrected chi connectivity index (χ2v) is 8.46. The van der Waals surface area contributed by atoms with E-state index in [9.17, 15) is 9.59 Å². The highest BCUT2D eigenvalue weighted by molar-refractivity contribution is 6.31. The molecule has 2 aromatic rings. The summed E-state index contributed by atoms with van der Waals surface area (Å²) in [6.07, 6.45) is 5.73. The highest BCUT2D eigenvalue weighted by Gasteiger charge is 2.38. The SMILES string of the molecule is CNC(=O)[C@@H]1CCCN(C(=O)[C@@H]2CCCC[C@H]2c2nc3ccc(Cl)cc3[nH]2)C1. The summed E-state index contributed by atoms with van der Waals surface area (Å²) < 4.78 is 0. The number of carbonyl (C=O) groups is 2. The fourth-order valence-corrected chi connectivity index (χ4v) is 4.93. The van der Waals surface area contributed by atoms with Crippen LogP contribution < -0.4 is 5.32 Å². The molecule has 2 fully saturated rings. The number of carbonyl (C=O) groups excluding carboxylic acids is 2. The van der Waals surface area contributed by atoms with Crippen molar-refractivity contribution in [2.45, 2.75) is 44.4 Å². The van der Waals surface area contributed by atoms with Gasteiger partial charge in [-0.1, -0.05) is 24.4 Å². The van der Waals surface area contributed by atoms with Gasteiger partial charge in [0.1, 0.15) is 5.82 Å².